The Hall–Kier alpha value is -1.43. The first-order valence-corrected chi connectivity index (χ1v) is 5.78. The average Bonchev–Trinajstić information content (AvgIpc) is 2.35. The molecule has 1 heterocycles. The van der Waals surface area contributed by atoms with E-state index in [2.05, 4.69) is 9.47 Å². The minimum Gasteiger partial charge on any atom is -0.468 e. The van der Waals surface area contributed by atoms with Crippen LogP contribution in [0.1, 0.15) is 13.8 Å². The molecule has 1 saturated heterocycles. The maximum absolute atomic E-state index is 12.3. The molecule has 0 bridgehead atoms. The van der Waals surface area contributed by atoms with E-state index in [9.17, 15) is 14.4 Å². The lowest BCUT2D eigenvalue weighted by Crippen LogP contribution is -2.60. The number of ketones is 1. The lowest BCUT2D eigenvalue weighted by molar-refractivity contribution is -0.165. The number of piperidine rings is 1. The highest BCUT2D eigenvalue weighted by molar-refractivity contribution is 6.10. The van der Waals surface area contributed by atoms with Crippen LogP contribution in [0.15, 0.2) is 0 Å². The molecular weight excluding hydrogens is 238 g/mol. The topological polar surface area (TPSA) is 72.9 Å². The Labute approximate surface area is 106 Å². The maximum Gasteiger partial charge on any atom is 0.317 e. The van der Waals surface area contributed by atoms with Gasteiger partial charge in [-0.15, -0.1) is 0 Å². The second-order valence-corrected chi connectivity index (χ2v) is 4.55. The molecule has 0 spiro atoms. The van der Waals surface area contributed by atoms with Crippen LogP contribution in [0, 0.1) is 11.8 Å². The Bertz CT molecular complexity index is 335. The van der Waals surface area contributed by atoms with E-state index in [1.54, 1.807) is 20.9 Å². The summed E-state index contributed by atoms with van der Waals surface area (Å²) in [7, 11) is 4.23. The van der Waals surface area contributed by atoms with Gasteiger partial charge in [0.05, 0.1) is 14.2 Å². The summed E-state index contributed by atoms with van der Waals surface area (Å²) in [6.07, 6.45) is 0. The third-order valence-electron chi connectivity index (χ3n) is 3.77. The Morgan fingerprint density at radius 2 is 1.33 bits per heavy atom. The van der Waals surface area contributed by atoms with Crippen molar-refractivity contribution < 1.29 is 23.9 Å². The predicted octanol–water partition coefficient (Wildman–Crippen LogP) is -0.144. The molecule has 0 N–H and O–H groups in total. The van der Waals surface area contributed by atoms with E-state index in [0.29, 0.717) is 0 Å². The van der Waals surface area contributed by atoms with Crippen molar-refractivity contribution in [2.45, 2.75) is 25.9 Å². The minimum absolute atomic E-state index is 0.305. The Balaban J connectivity index is 3.12. The van der Waals surface area contributed by atoms with Crippen LogP contribution in [0.2, 0.25) is 0 Å². The maximum atomic E-state index is 12.3. The van der Waals surface area contributed by atoms with Crippen LogP contribution in [-0.2, 0) is 23.9 Å². The van der Waals surface area contributed by atoms with Crippen LogP contribution in [0.4, 0.5) is 0 Å². The molecule has 1 rings (SSSR count). The van der Waals surface area contributed by atoms with E-state index in [-0.39, 0.29) is 12.1 Å². The third kappa shape index (κ3) is 2.25. The molecule has 1 fully saturated rings. The number of ether oxygens (including phenoxy) is 2. The monoisotopic (exact) mass is 257 g/mol. The summed E-state index contributed by atoms with van der Waals surface area (Å²) < 4.78 is 9.27. The van der Waals surface area contributed by atoms with Gasteiger partial charge in [0, 0.05) is 12.1 Å². The van der Waals surface area contributed by atoms with Gasteiger partial charge < -0.3 is 9.47 Å². The second-order valence-electron chi connectivity index (χ2n) is 4.55. The van der Waals surface area contributed by atoms with Gasteiger partial charge in [0.1, 0.15) is 11.8 Å². The molecule has 0 aromatic carbocycles. The average molecular weight is 257 g/mol. The molecule has 102 valence electrons. The largest absolute Gasteiger partial charge is 0.468 e. The first kappa shape index (κ1) is 14.6. The fourth-order valence-electron chi connectivity index (χ4n) is 2.39. The van der Waals surface area contributed by atoms with Gasteiger partial charge in [-0.25, -0.2) is 0 Å². The van der Waals surface area contributed by atoms with Gasteiger partial charge in [-0.3, -0.25) is 19.3 Å². The van der Waals surface area contributed by atoms with Gasteiger partial charge in [-0.05, 0) is 20.9 Å². The van der Waals surface area contributed by atoms with Crippen LogP contribution in [0.25, 0.3) is 0 Å². The van der Waals surface area contributed by atoms with Crippen molar-refractivity contribution in [3.63, 3.8) is 0 Å². The smallest absolute Gasteiger partial charge is 0.317 e. The van der Waals surface area contributed by atoms with Gasteiger partial charge in [0.2, 0.25) is 0 Å². The van der Waals surface area contributed by atoms with E-state index in [1.807, 2.05) is 4.90 Å². The molecular formula is C12H19NO5. The third-order valence-corrected chi connectivity index (χ3v) is 3.77. The van der Waals surface area contributed by atoms with Crippen LogP contribution in [-0.4, -0.2) is 56.0 Å². The molecule has 0 saturated carbocycles. The Morgan fingerprint density at radius 3 is 1.61 bits per heavy atom. The minimum atomic E-state index is -0.944. The summed E-state index contributed by atoms with van der Waals surface area (Å²) in [5.41, 5.74) is 0. The lowest BCUT2D eigenvalue weighted by atomic mass is 9.78. The zero-order chi connectivity index (χ0) is 14.0. The number of nitrogens with zero attached hydrogens (tertiary/aromatic N) is 1. The van der Waals surface area contributed by atoms with Crippen molar-refractivity contribution in [2.75, 3.05) is 21.3 Å². The molecule has 0 amide bonds. The molecule has 0 radical (unpaired) electrons. The number of rotatable bonds is 2. The molecule has 1 aliphatic heterocycles. The van der Waals surface area contributed by atoms with E-state index < -0.39 is 29.6 Å². The van der Waals surface area contributed by atoms with Crippen molar-refractivity contribution in [3.8, 4) is 0 Å². The molecule has 0 aromatic rings. The molecule has 4 atom stereocenters. The fraction of sp³-hybridized carbons (Fsp3) is 0.750. The zero-order valence-electron chi connectivity index (χ0n) is 11.3. The number of carbonyl (C=O) groups is 3. The first-order chi connectivity index (χ1) is 8.36. The molecule has 6 nitrogen and oxygen atoms in total. The zero-order valence-corrected chi connectivity index (χ0v) is 11.3. The highest BCUT2D eigenvalue weighted by Crippen LogP contribution is 2.30. The number of hydrogen-bond donors (Lipinski definition) is 0. The lowest BCUT2D eigenvalue weighted by Gasteiger charge is -2.42. The van der Waals surface area contributed by atoms with E-state index in [0.717, 1.165) is 0 Å². The molecule has 0 unspecified atom stereocenters. The number of carbonyl (C=O) groups excluding carboxylic acids is 3. The molecule has 0 aliphatic carbocycles. The summed E-state index contributed by atoms with van der Waals surface area (Å²) in [6, 6.07) is -0.610. The molecule has 1 aliphatic rings. The SMILES string of the molecule is COC(=O)[C@H]1C(=O)[C@H](C(=O)OC)[C@H](C)N(C)[C@H]1C. The van der Waals surface area contributed by atoms with Crippen LogP contribution in [0.3, 0.4) is 0 Å². The molecule has 0 aromatic heterocycles. The second kappa shape index (κ2) is 5.48. The summed E-state index contributed by atoms with van der Waals surface area (Å²) in [6.45, 7) is 3.53. The number of hydrogen-bond acceptors (Lipinski definition) is 6. The fourth-order valence-corrected chi connectivity index (χ4v) is 2.39. The number of likely N-dealkylation sites (tertiary alicyclic amines) is 1. The predicted molar refractivity (Wildman–Crippen MR) is 62.7 cm³/mol. The molecule has 6 heteroatoms. The van der Waals surface area contributed by atoms with Gasteiger partial charge in [0.25, 0.3) is 0 Å². The van der Waals surface area contributed by atoms with Crippen LogP contribution >= 0.6 is 0 Å². The summed E-state index contributed by atoms with van der Waals surface area (Å²) in [4.78, 5) is 37.4. The highest BCUT2D eigenvalue weighted by atomic mass is 16.5. The van der Waals surface area contributed by atoms with Crippen molar-refractivity contribution in [1.29, 1.82) is 0 Å². The highest BCUT2D eigenvalue weighted by Gasteiger charge is 2.50. The van der Waals surface area contributed by atoms with E-state index in [1.165, 1.54) is 14.2 Å². The van der Waals surface area contributed by atoms with Crippen molar-refractivity contribution in [2.24, 2.45) is 11.8 Å². The summed E-state index contributed by atoms with van der Waals surface area (Å²) >= 11 is 0. The standard InChI is InChI=1S/C12H19NO5/c1-6-8(11(15)17-4)10(14)9(12(16)18-5)7(2)13(6)3/h6-9H,1-5H3/t6-,7-,8+,9+/m0/s1. The van der Waals surface area contributed by atoms with Gasteiger partial charge in [-0.2, -0.15) is 0 Å². The first-order valence-electron chi connectivity index (χ1n) is 5.78. The number of methoxy groups -OCH3 is 2. The number of Topliss-reactive ketones (excluding diaryl/α,β-unsaturated/α-hetero) is 1. The van der Waals surface area contributed by atoms with Crippen molar-refractivity contribution >= 4 is 17.7 Å². The molecule has 18 heavy (non-hydrogen) atoms. The quantitative estimate of drug-likeness (QED) is 0.506. The van der Waals surface area contributed by atoms with Gasteiger partial charge in [-0.1, -0.05) is 0 Å². The van der Waals surface area contributed by atoms with E-state index in [4.69, 9.17) is 0 Å². The Kier molecular flexibility index (Phi) is 4.45. The van der Waals surface area contributed by atoms with E-state index >= 15 is 0 Å². The van der Waals surface area contributed by atoms with Crippen LogP contribution < -0.4 is 0 Å². The normalized spacial score (nSPS) is 33.1. The number of esters is 2. The Morgan fingerprint density at radius 1 is 1.00 bits per heavy atom. The summed E-state index contributed by atoms with van der Waals surface area (Å²) in [5.74, 6) is -3.53. The van der Waals surface area contributed by atoms with Gasteiger partial charge >= 0.3 is 11.9 Å². The summed E-state index contributed by atoms with van der Waals surface area (Å²) in [5, 5.41) is 0. The van der Waals surface area contributed by atoms with Gasteiger partial charge in [0.15, 0.2) is 5.78 Å². The van der Waals surface area contributed by atoms with Crippen LogP contribution in [0.5, 0.6) is 0 Å². The van der Waals surface area contributed by atoms with Crippen molar-refractivity contribution in [3.05, 3.63) is 0 Å². The van der Waals surface area contributed by atoms with Crippen molar-refractivity contribution in [1.82, 2.24) is 4.90 Å².